The molecule has 0 aliphatic rings. The molecule has 0 unspecified atom stereocenters. The van der Waals surface area contributed by atoms with Crippen LogP contribution in [0, 0.1) is 0 Å². The molecule has 1 aromatic carbocycles. The predicted octanol–water partition coefficient (Wildman–Crippen LogP) is 2.68. The first kappa shape index (κ1) is 20.3. The van der Waals surface area contributed by atoms with E-state index >= 15 is 0 Å². The molecule has 0 bridgehead atoms. The van der Waals surface area contributed by atoms with Gasteiger partial charge in [-0.25, -0.2) is 4.79 Å². The highest BCUT2D eigenvalue weighted by atomic mass is 35.5. The van der Waals surface area contributed by atoms with Gasteiger partial charge in [0.2, 0.25) is 0 Å². The van der Waals surface area contributed by atoms with Gasteiger partial charge in [-0.1, -0.05) is 11.6 Å². The van der Waals surface area contributed by atoms with E-state index < -0.39 is 18.5 Å². The molecular formula is C16H20ClNO5S. The van der Waals surface area contributed by atoms with Crippen LogP contribution in [0.15, 0.2) is 23.1 Å². The van der Waals surface area contributed by atoms with Crippen LogP contribution in [0.1, 0.15) is 30.1 Å². The lowest BCUT2D eigenvalue weighted by molar-refractivity contribution is -0.143. The van der Waals surface area contributed by atoms with E-state index in [4.69, 9.17) is 21.1 Å². The molecule has 1 N–H and O–H groups in total. The summed E-state index contributed by atoms with van der Waals surface area (Å²) >= 11 is 7.44. The maximum Gasteiger partial charge on any atom is 0.340 e. The Hall–Kier alpha value is -1.73. The van der Waals surface area contributed by atoms with Crippen LogP contribution in [0.25, 0.3) is 0 Å². The van der Waals surface area contributed by atoms with Gasteiger partial charge in [0.1, 0.15) is 0 Å². The Morgan fingerprint density at radius 1 is 1.25 bits per heavy atom. The topological polar surface area (TPSA) is 81.7 Å². The van der Waals surface area contributed by atoms with Gasteiger partial charge in [-0.05, 0) is 37.8 Å². The van der Waals surface area contributed by atoms with Crippen molar-refractivity contribution in [1.29, 1.82) is 0 Å². The molecule has 6 nitrogen and oxygen atoms in total. The highest BCUT2D eigenvalue weighted by Gasteiger charge is 2.14. The van der Waals surface area contributed by atoms with Gasteiger partial charge >= 0.3 is 11.9 Å². The van der Waals surface area contributed by atoms with E-state index in [2.05, 4.69) is 5.32 Å². The summed E-state index contributed by atoms with van der Waals surface area (Å²) < 4.78 is 9.72. The van der Waals surface area contributed by atoms with E-state index in [1.807, 2.05) is 6.26 Å². The quantitative estimate of drug-likeness (QED) is 0.407. The van der Waals surface area contributed by atoms with E-state index in [1.54, 1.807) is 25.1 Å². The Morgan fingerprint density at radius 3 is 2.67 bits per heavy atom. The Kier molecular flexibility index (Phi) is 9.26. The van der Waals surface area contributed by atoms with Crippen LogP contribution in [0.5, 0.6) is 0 Å². The van der Waals surface area contributed by atoms with Crippen LogP contribution < -0.4 is 5.32 Å². The lowest BCUT2D eigenvalue weighted by atomic mass is 10.2. The van der Waals surface area contributed by atoms with Gasteiger partial charge in [-0.3, -0.25) is 9.59 Å². The summed E-state index contributed by atoms with van der Waals surface area (Å²) in [7, 11) is 0. The van der Waals surface area contributed by atoms with Gasteiger partial charge in [0.05, 0.1) is 17.2 Å². The number of carbonyl (C=O) groups is 3. The molecule has 0 aliphatic heterocycles. The smallest absolute Gasteiger partial charge is 0.340 e. The molecule has 0 saturated carbocycles. The van der Waals surface area contributed by atoms with E-state index in [1.165, 1.54) is 11.8 Å². The van der Waals surface area contributed by atoms with Crippen molar-refractivity contribution >= 4 is 41.2 Å². The second-order valence-electron chi connectivity index (χ2n) is 4.68. The fourth-order valence-electron chi connectivity index (χ4n) is 1.74. The Labute approximate surface area is 150 Å². The average molecular weight is 374 g/mol. The zero-order valence-electron chi connectivity index (χ0n) is 13.6. The molecule has 24 heavy (non-hydrogen) atoms. The Balaban J connectivity index is 2.34. The largest absolute Gasteiger partial charge is 0.466 e. The predicted molar refractivity (Wildman–Crippen MR) is 92.4 cm³/mol. The maximum atomic E-state index is 12.0. The molecule has 0 radical (unpaired) electrons. The normalized spacial score (nSPS) is 10.1. The maximum absolute atomic E-state index is 12.0. The summed E-state index contributed by atoms with van der Waals surface area (Å²) in [6.45, 7) is 1.96. The number of amides is 1. The first-order chi connectivity index (χ1) is 11.5. The molecule has 1 amide bonds. The first-order valence-corrected chi connectivity index (χ1v) is 9.01. The second kappa shape index (κ2) is 10.9. The number of halogens is 1. The summed E-state index contributed by atoms with van der Waals surface area (Å²) in [5.41, 5.74) is 0.221. The first-order valence-electron chi connectivity index (χ1n) is 7.41. The summed E-state index contributed by atoms with van der Waals surface area (Å²) in [6, 6.07) is 5.02. The number of carbonyl (C=O) groups excluding carboxylic acids is 3. The van der Waals surface area contributed by atoms with Gasteiger partial charge in [0.25, 0.3) is 5.91 Å². The molecule has 8 heteroatoms. The summed E-state index contributed by atoms with van der Waals surface area (Å²) in [5.74, 6) is -1.40. The molecule has 0 aliphatic carbocycles. The Bertz CT molecular complexity index is 594. The molecule has 132 valence electrons. The van der Waals surface area contributed by atoms with Crippen LogP contribution in [-0.4, -0.2) is 43.9 Å². The van der Waals surface area contributed by atoms with E-state index in [0.29, 0.717) is 19.6 Å². The number of benzene rings is 1. The molecule has 0 fully saturated rings. The van der Waals surface area contributed by atoms with E-state index in [0.717, 1.165) is 4.90 Å². The SMILES string of the molecule is CCOC(=O)CCCNC(=O)COC(=O)c1cc(SC)ccc1Cl. The zero-order chi connectivity index (χ0) is 17.9. The van der Waals surface area contributed by atoms with Crippen molar-refractivity contribution in [2.45, 2.75) is 24.7 Å². The minimum Gasteiger partial charge on any atom is -0.466 e. The summed E-state index contributed by atoms with van der Waals surface area (Å²) in [6.07, 6.45) is 2.56. The van der Waals surface area contributed by atoms with Gasteiger partial charge in [0, 0.05) is 17.9 Å². The fraction of sp³-hybridized carbons (Fsp3) is 0.438. The number of hydrogen-bond donors (Lipinski definition) is 1. The number of rotatable bonds is 9. The van der Waals surface area contributed by atoms with Crippen molar-refractivity contribution < 1.29 is 23.9 Å². The van der Waals surface area contributed by atoms with Crippen molar-refractivity contribution in [3.05, 3.63) is 28.8 Å². The van der Waals surface area contributed by atoms with Crippen molar-refractivity contribution in [2.24, 2.45) is 0 Å². The van der Waals surface area contributed by atoms with Crippen molar-refractivity contribution in [3.8, 4) is 0 Å². The third-order valence-corrected chi connectivity index (χ3v) is 3.97. The third kappa shape index (κ3) is 7.23. The molecule has 0 saturated heterocycles. The number of esters is 2. The minimum absolute atomic E-state index is 0.221. The van der Waals surface area contributed by atoms with Crippen LogP contribution in [-0.2, 0) is 19.1 Å². The fourth-order valence-corrected chi connectivity index (χ4v) is 2.38. The zero-order valence-corrected chi connectivity index (χ0v) is 15.2. The summed E-state index contributed by atoms with van der Waals surface area (Å²) in [5, 5.41) is 2.83. The van der Waals surface area contributed by atoms with Gasteiger partial charge in [-0.15, -0.1) is 11.8 Å². The van der Waals surface area contributed by atoms with E-state index in [9.17, 15) is 14.4 Å². The van der Waals surface area contributed by atoms with Crippen LogP contribution >= 0.6 is 23.4 Å². The summed E-state index contributed by atoms with van der Waals surface area (Å²) in [4.78, 5) is 35.6. The lowest BCUT2D eigenvalue weighted by Gasteiger charge is -2.08. The van der Waals surface area contributed by atoms with Gasteiger partial charge in [0.15, 0.2) is 6.61 Å². The molecule has 1 aromatic rings. The van der Waals surface area contributed by atoms with Crippen LogP contribution in [0.3, 0.4) is 0 Å². The molecule has 0 spiro atoms. The van der Waals surface area contributed by atoms with Crippen molar-refractivity contribution in [3.63, 3.8) is 0 Å². The monoisotopic (exact) mass is 373 g/mol. The molecule has 0 aromatic heterocycles. The molecular weight excluding hydrogens is 354 g/mol. The molecule has 0 heterocycles. The standard InChI is InChI=1S/C16H20ClNO5S/c1-3-22-15(20)5-4-8-18-14(19)10-23-16(21)12-9-11(24-2)6-7-13(12)17/h6-7,9H,3-5,8,10H2,1-2H3,(H,18,19). The van der Waals surface area contributed by atoms with Crippen molar-refractivity contribution in [2.75, 3.05) is 26.0 Å². The Morgan fingerprint density at radius 2 is 2.00 bits per heavy atom. The number of ether oxygens (including phenoxy) is 2. The lowest BCUT2D eigenvalue weighted by Crippen LogP contribution is -2.30. The highest BCUT2D eigenvalue weighted by molar-refractivity contribution is 7.98. The third-order valence-electron chi connectivity index (χ3n) is 2.91. The highest BCUT2D eigenvalue weighted by Crippen LogP contribution is 2.23. The minimum atomic E-state index is -0.655. The van der Waals surface area contributed by atoms with Crippen LogP contribution in [0.2, 0.25) is 5.02 Å². The molecule has 1 rings (SSSR count). The van der Waals surface area contributed by atoms with E-state index in [-0.39, 0.29) is 23.0 Å². The van der Waals surface area contributed by atoms with Gasteiger partial charge in [-0.2, -0.15) is 0 Å². The average Bonchev–Trinajstić information content (AvgIpc) is 2.57. The molecule has 0 atom stereocenters. The van der Waals surface area contributed by atoms with Gasteiger partial charge < -0.3 is 14.8 Å². The number of thioether (sulfide) groups is 1. The number of hydrogen-bond acceptors (Lipinski definition) is 6. The second-order valence-corrected chi connectivity index (χ2v) is 5.97. The van der Waals surface area contributed by atoms with Crippen molar-refractivity contribution in [1.82, 2.24) is 5.32 Å². The number of nitrogens with one attached hydrogen (secondary N) is 1. The van der Waals surface area contributed by atoms with Crippen LogP contribution in [0.4, 0.5) is 0 Å².